The molecular weight excluding hydrogens is 250 g/mol. The van der Waals surface area contributed by atoms with Crippen LogP contribution in [0.2, 0.25) is 0 Å². The standard InChI is InChI=1S/C13H14BrN/c1-9(10(2)14)11-5-3-7-13-12(11)6-4-8-15-13/h3-10H,1-2H3. The first-order chi connectivity index (χ1) is 7.20. The number of fused-ring (bicyclic) bond motifs is 1. The van der Waals surface area contributed by atoms with Gasteiger partial charge in [0.1, 0.15) is 0 Å². The second-order valence-corrected chi connectivity index (χ2v) is 5.33. The fourth-order valence-corrected chi connectivity index (χ4v) is 2.06. The molecule has 0 fully saturated rings. The normalized spacial score (nSPS) is 15.1. The van der Waals surface area contributed by atoms with Gasteiger partial charge in [-0.15, -0.1) is 0 Å². The molecule has 0 saturated heterocycles. The molecular formula is C13H14BrN. The van der Waals surface area contributed by atoms with E-state index in [1.165, 1.54) is 10.9 Å². The molecule has 78 valence electrons. The van der Waals surface area contributed by atoms with Crippen LogP contribution >= 0.6 is 15.9 Å². The lowest BCUT2D eigenvalue weighted by molar-refractivity contribution is 0.768. The van der Waals surface area contributed by atoms with E-state index >= 15 is 0 Å². The zero-order chi connectivity index (χ0) is 10.8. The molecule has 0 bridgehead atoms. The summed E-state index contributed by atoms with van der Waals surface area (Å²) >= 11 is 3.64. The van der Waals surface area contributed by atoms with Gasteiger partial charge in [0.05, 0.1) is 5.52 Å². The Kier molecular flexibility index (Phi) is 3.06. The number of alkyl halides is 1. The summed E-state index contributed by atoms with van der Waals surface area (Å²) in [6, 6.07) is 10.5. The van der Waals surface area contributed by atoms with Gasteiger partial charge in [0.25, 0.3) is 0 Å². The number of hydrogen-bond donors (Lipinski definition) is 0. The summed E-state index contributed by atoms with van der Waals surface area (Å²) < 4.78 is 0. The molecule has 2 heteroatoms. The van der Waals surface area contributed by atoms with Crippen LogP contribution in [0.1, 0.15) is 25.3 Å². The minimum Gasteiger partial charge on any atom is -0.256 e. The second-order valence-electron chi connectivity index (χ2n) is 3.88. The third kappa shape index (κ3) is 2.05. The molecule has 1 aromatic heterocycles. The first kappa shape index (κ1) is 10.6. The lowest BCUT2D eigenvalue weighted by Gasteiger charge is -2.16. The third-order valence-corrected chi connectivity index (χ3v) is 3.65. The summed E-state index contributed by atoms with van der Waals surface area (Å²) in [6.45, 7) is 4.42. The minimum atomic E-state index is 0.475. The van der Waals surface area contributed by atoms with E-state index in [-0.39, 0.29) is 0 Å². The van der Waals surface area contributed by atoms with Gasteiger partial charge in [-0.25, -0.2) is 0 Å². The smallest absolute Gasteiger partial charge is 0.0704 e. The topological polar surface area (TPSA) is 12.9 Å². The monoisotopic (exact) mass is 263 g/mol. The van der Waals surface area contributed by atoms with Gasteiger partial charge in [-0.05, 0) is 23.6 Å². The van der Waals surface area contributed by atoms with Crippen LogP contribution in [0.4, 0.5) is 0 Å². The van der Waals surface area contributed by atoms with Crippen LogP contribution in [0.25, 0.3) is 10.9 Å². The summed E-state index contributed by atoms with van der Waals surface area (Å²) in [5.74, 6) is 0.498. The predicted molar refractivity (Wildman–Crippen MR) is 68.5 cm³/mol. The summed E-state index contributed by atoms with van der Waals surface area (Å²) in [5.41, 5.74) is 2.44. The van der Waals surface area contributed by atoms with Crippen molar-refractivity contribution in [1.82, 2.24) is 4.98 Å². The zero-order valence-electron chi connectivity index (χ0n) is 8.94. The van der Waals surface area contributed by atoms with Gasteiger partial charge in [0.2, 0.25) is 0 Å². The molecule has 0 radical (unpaired) electrons. The quantitative estimate of drug-likeness (QED) is 0.743. The average molecular weight is 264 g/mol. The molecule has 2 atom stereocenters. The Labute approximate surface area is 98.7 Å². The number of pyridine rings is 1. The summed E-state index contributed by atoms with van der Waals surface area (Å²) in [5, 5.41) is 1.26. The van der Waals surface area contributed by atoms with Gasteiger partial charge in [-0.2, -0.15) is 0 Å². The van der Waals surface area contributed by atoms with E-state index in [2.05, 4.69) is 59.0 Å². The van der Waals surface area contributed by atoms with Crippen molar-refractivity contribution < 1.29 is 0 Å². The Balaban J connectivity index is 2.60. The van der Waals surface area contributed by atoms with E-state index in [9.17, 15) is 0 Å². The van der Waals surface area contributed by atoms with Gasteiger partial charge >= 0.3 is 0 Å². The third-order valence-electron chi connectivity index (χ3n) is 2.86. The number of halogens is 1. The van der Waals surface area contributed by atoms with Crippen molar-refractivity contribution in [2.45, 2.75) is 24.6 Å². The highest BCUT2D eigenvalue weighted by Crippen LogP contribution is 2.29. The van der Waals surface area contributed by atoms with Crippen molar-refractivity contribution in [3.63, 3.8) is 0 Å². The van der Waals surface area contributed by atoms with Crippen LogP contribution in [0.3, 0.4) is 0 Å². The van der Waals surface area contributed by atoms with E-state index < -0.39 is 0 Å². The average Bonchev–Trinajstić information content (AvgIpc) is 2.27. The molecule has 2 rings (SSSR count). The lowest BCUT2D eigenvalue weighted by Crippen LogP contribution is -2.05. The largest absolute Gasteiger partial charge is 0.256 e. The Morgan fingerprint density at radius 1 is 1.13 bits per heavy atom. The highest BCUT2D eigenvalue weighted by molar-refractivity contribution is 9.09. The molecule has 2 unspecified atom stereocenters. The summed E-state index contributed by atoms with van der Waals surface area (Å²) in [6.07, 6.45) is 1.84. The number of aromatic nitrogens is 1. The second kappa shape index (κ2) is 4.31. The maximum Gasteiger partial charge on any atom is 0.0704 e. The zero-order valence-corrected chi connectivity index (χ0v) is 10.5. The Morgan fingerprint density at radius 2 is 1.93 bits per heavy atom. The van der Waals surface area contributed by atoms with Gasteiger partial charge in [-0.3, -0.25) is 4.98 Å². The van der Waals surface area contributed by atoms with E-state index in [1.54, 1.807) is 0 Å². The molecule has 0 amide bonds. The minimum absolute atomic E-state index is 0.475. The number of hydrogen-bond acceptors (Lipinski definition) is 1. The van der Waals surface area contributed by atoms with E-state index in [0.717, 1.165) is 5.52 Å². The van der Waals surface area contributed by atoms with Crippen LogP contribution in [0.5, 0.6) is 0 Å². The van der Waals surface area contributed by atoms with E-state index in [1.807, 2.05) is 12.3 Å². The highest BCUT2D eigenvalue weighted by atomic mass is 79.9. The Morgan fingerprint density at radius 3 is 2.67 bits per heavy atom. The Hall–Kier alpha value is -0.890. The number of benzene rings is 1. The lowest BCUT2D eigenvalue weighted by atomic mass is 9.95. The molecule has 2 aromatic rings. The summed E-state index contributed by atoms with van der Waals surface area (Å²) in [4.78, 5) is 4.84. The van der Waals surface area contributed by atoms with Crippen molar-refractivity contribution >= 4 is 26.8 Å². The van der Waals surface area contributed by atoms with Crippen LogP contribution in [0, 0.1) is 0 Å². The molecule has 0 aliphatic heterocycles. The van der Waals surface area contributed by atoms with Crippen LogP contribution in [-0.4, -0.2) is 9.81 Å². The maximum atomic E-state index is 4.37. The van der Waals surface area contributed by atoms with Crippen molar-refractivity contribution in [1.29, 1.82) is 0 Å². The highest BCUT2D eigenvalue weighted by Gasteiger charge is 2.13. The van der Waals surface area contributed by atoms with Crippen molar-refractivity contribution in [2.24, 2.45) is 0 Å². The number of nitrogens with zero attached hydrogens (tertiary/aromatic N) is 1. The number of rotatable bonds is 2. The van der Waals surface area contributed by atoms with Crippen LogP contribution in [-0.2, 0) is 0 Å². The molecule has 0 saturated carbocycles. The van der Waals surface area contributed by atoms with Crippen molar-refractivity contribution in [2.75, 3.05) is 0 Å². The van der Waals surface area contributed by atoms with E-state index in [0.29, 0.717) is 10.7 Å². The van der Waals surface area contributed by atoms with Gasteiger partial charge in [0, 0.05) is 16.4 Å². The van der Waals surface area contributed by atoms with Crippen molar-refractivity contribution in [3.8, 4) is 0 Å². The predicted octanol–water partition coefficient (Wildman–Crippen LogP) is 4.12. The van der Waals surface area contributed by atoms with Gasteiger partial charge in [0.15, 0.2) is 0 Å². The van der Waals surface area contributed by atoms with Gasteiger partial charge < -0.3 is 0 Å². The molecule has 0 aliphatic rings. The molecule has 0 N–H and O–H groups in total. The van der Waals surface area contributed by atoms with Crippen LogP contribution < -0.4 is 0 Å². The molecule has 0 aliphatic carbocycles. The Bertz CT molecular complexity index is 460. The molecule has 0 spiro atoms. The molecule has 15 heavy (non-hydrogen) atoms. The molecule has 1 nitrogen and oxygen atoms in total. The fourth-order valence-electron chi connectivity index (χ4n) is 1.77. The van der Waals surface area contributed by atoms with E-state index in [4.69, 9.17) is 0 Å². The van der Waals surface area contributed by atoms with Crippen molar-refractivity contribution in [3.05, 3.63) is 42.1 Å². The SMILES string of the molecule is CC(Br)C(C)c1cccc2ncccc12. The maximum absolute atomic E-state index is 4.37. The first-order valence-corrected chi connectivity index (χ1v) is 6.09. The first-order valence-electron chi connectivity index (χ1n) is 5.18. The molecule has 1 heterocycles. The summed E-state index contributed by atoms with van der Waals surface area (Å²) in [7, 11) is 0. The fraction of sp³-hybridized carbons (Fsp3) is 0.308. The van der Waals surface area contributed by atoms with Crippen LogP contribution in [0.15, 0.2) is 36.5 Å². The molecule has 1 aromatic carbocycles. The van der Waals surface area contributed by atoms with Gasteiger partial charge in [-0.1, -0.05) is 48.0 Å².